The van der Waals surface area contributed by atoms with Crippen LogP contribution in [0.2, 0.25) is 0 Å². The maximum Gasteiger partial charge on any atom is 0.180 e. The SMILES string of the molecule is CC1=C2CC3C(CC=C4CC(O)CCC43C)C2CCC12OC1CC(C)CN(Cc3cn(C4OC(CO)C(O)C4O)nn3)C1C2C. The molecule has 1 aromatic rings. The van der Waals surface area contributed by atoms with Crippen molar-refractivity contribution >= 4 is 0 Å². The molecule has 1 spiro atoms. The summed E-state index contributed by atoms with van der Waals surface area (Å²) in [6, 6.07) is 0.279. The highest BCUT2D eigenvalue weighted by Crippen LogP contribution is 2.65. The lowest BCUT2D eigenvalue weighted by molar-refractivity contribution is -0.0658. The van der Waals surface area contributed by atoms with Crippen molar-refractivity contribution in [1.29, 1.82) is 0 Å². The highest BCUT2D eigenvalue weighted by atomic mass is 16.6. The second-order valence-electron chi connectivity index (χ2n) is 16.1. The van der Waals surface area contributed by atoms with Gasteiger partial charge in [0.05, 0.1) is 36.3 Å². The highest BCUT2D eigenvalue weighted by molar-refractivity contribution is 5.38. The molecular weight excluding hydrogens is 572 g/mol. The zero-order chi connectivity index (χ0) is 31.4. The molecular formula is C35H52N4O6. The molecule has 4 heterocycles. The fourth-order valence-electron chi connectivity index (χ4n) is 11.5. The highest BCUT2D eigenvalue weighted by Gasteiger charge is 2.61. The molecule has 0 aromatic carbocycles. The van der Waals surface area contributed by atoms with Crippen LogP contribution in [-0.2, 0) is 16.0 Å². The van der Waals surface area contributed by atoms with Gasteiger partial charge in [0.1, 0.15) is 18.3 Å². The Balaban J connectivity index is 1.04. The zero-order valence-corrected chi connectivity index (χ0v) is 27.3. The molecule has 3 saturated heterocycles. The first-order valence-corrected chi connectivity index (χ1v) is 17.6. The van der Waals surface area contributed by atoms with Crippen molar-refractivity contribution in [1.82, 2.24) is 19.9 Å². The number of hydrogen-bond donors (Lipinski definition) is 4. The van der Waals surface area contributed by atoms with Crippen molar-refractivity contribution in [2.75, 3.05) is 13.2 Å². The quantitative estimate of drug-likeness (QED) is 0.373. The molecule has 0 bridgehead atoms. The zero-order valence-electron chi connectivity index (χ0n) is 27.3. The molecule has 7 aliphatic rings. The molecule has 2 saturated carbocycles. The molecule has 248 valence electrons. The van der Waals surface area contributed by atoms with Crippen LogP contribution in [0.1, 0.15) is 91.0 Å². The molecule has 45 heavy (non-hydrogen) atoms. The number of piperidine rings is 1. The van der Waals surface area contributed by atoms with Crippen molar-refractivity contribution < 1.29 is 29.9 Å². The van der Waals surface area contributed by atoms with Crippen LogP contribution in [-0.4, -0.2) is 95.6 Å². The summed E-state index contributed by atoms with van der Waals surface area (Å²) in [6.07, 6.45) is 8.81. The molecule has 4 N–H and O–H groups in total. The van der Waals surface area contributed by atoms with Crippen LogP contribution in [0.15, 0.2) is 29.0 Å². The number of likely N-dealkylation sites (tertiary alicyclic amines) is 1. The third-order valence-electron chi connectivity index (χ3n) is 13.8. The fraction of sp³-hybridized carbons (Fsp3) is 0.829. The molecule has 0 radical (unpaired) electrons. The van der Waals surface area contributed by atoms with E-state index in [9.17, 15) is 20.4 Å². The molecule has 10 nitrogen and oxygen atoms in total. The minimum absolute atomic E-state index is 0.167. The summed E-state index contributed by atoms with van der Waals surface area (Å²) >= 11 is 0. The largest absolute Gasteiger partial charge is 0.394 e. The third-order valence-corrected chi connectivity index (χ3v) is 13.8. The van der Waals surface area contributed by atoms with E-state index in [1.165, 1.54) is 28.7 Å². The number of fused-ring (bicyclic) bond motifs is 6. The van der Waals surface area contributed by atoms with E-state index in [0.717, 1.165) is 50.8 Å². The monoisotopic (exact) mass is 624 g/mol. The number of ether oxygens (including phenoxy) is 2. The van der Waals surface area contributed by atoms with Crippen molar-refractivity contribution in [3.05, 3.63) is 34.7 Å². The first-order valence-electron chi connectivity index (χ1n) is 17.6. The Morgan fingerprint density at radius 2 is 1.91 bits per heavy atom. The standard InChI is InChI=1S/C35H52N4O6/c1-18-11-28-30(38(14-18)15-22-16-39(37-36-22)33-32(43)31(42)29(17-40)44-33)20(3)35(45-28)10-8-24-25-6-5-21-12-23(41)7-9-34(21,4)27(25)13-26(24)19(35)2/h5,16,18,20,23-25,27-33,40-43H,6-15,17H2,1-4H3. The van der Waals surface area contributed by atoms with Crippen molar-refractivity contribution in [3.63, 3.8) is 0 Å². The average molecular weight is 625 g/mol. The van der Waals surface area contributed by atoms with E-state index in [-0.39, 0.29) is 35.9 Å². The van der Waals surface area contributed by atoms with Crippen molar-refractivity contribution in [2.24, 2.45) is 35.0 Å². The van der Waals surface area contributed by atoms with Gasteiger partial charge in [0.25, 0.3) is 0 Å². The fourth-order valence-corrected chi connectivity index (χ4v) is 11.5. The number of nitrogens with zero attached hydrogens (tertiary/aromatic N) is 4. The van der Waals surface area contributed by atoms with Crippen LogP contribution in [0.5, 0.6) is 0 Å². The number of aliphatic hydroxyl groups excluding tert-OH is 4. The van der Waals surface area contributed by atoms with E-state index in [1.54, 1.807) is 11.8 Å². The summed E-state index contributed by atoms with van der Waals surface area (Å²) in [5.41, 5.74) is 5.50. The Labute approximate surface area is 266 Å². The summed E-state index contributed by atoms with van der Waals surface area (Å²) in [7, 11) is 0. The van der Waals surface area contributed by atoms with Crippen LogP contribution in [0, 0.1) is 35.0 Å². The molecule has 14 atom stereocenters. The number of rotatable bonds is 4. The Kier molecular flexibility index (Phi) is 7.45. The second-order valence-corrected chi connectivity index (χ2v) is 16.1. The van der Waals surface area contributed by atoms with E-state index in [1.807, 2.05) is 0 Å². The van der Waals surface area contributed by atoms with Gasteiger partial charge >= 0.3 is 0 Å². The lowest BCUT2D eigenvalue weighted by Crippen LogP contribution is -2.51. The molecule has 14 unspecified atom stereocenters. The topological polar surface area (TPSA) is 133 Å². The predicted molar refractivity (Wildman–Crippen MR) is 165 cm³/mol. The van der Waals surface area contributed by atoms with Crippen LogP contribution >= 0.6 is 0 Å². The number of aromatic nitrogens is 3. The van der Waals surface area contributed by atoms with E-state index in [4.69, 9.17) is 9.47 Å². The lowest BCUT2D eigenvalue weighted by atomic mass is 9.56. The lowest BCUT2D eigenvalue weighted by Gasteiger charge is -2.49. The van der Waals surface area contributed by atoms with Gasteiger partial charge in [-0.25, -0.2) is 4.68 Å². The molecule has 8 rings (SSSR count). The first kappa shape index (κ1) is 30.7. The van der Waals surface area contributed by atoms with Gasteiger partial charge in [-0.15, -0.1) is 5.10 Å². The number of allylic oxidation sites excluding steroid dienone is 2. The molecule has 10 heteroatoms. The van der Waals surface area contributed by atoms with Crippen LogP contribution < -0.4 is 0 Å². The van der Waals surface area contributed by atoms with Gasteiger partial charge in [-0.2, -0.15) is 0 Å². The van der Waals surface area contributed by atoms with Crippen molar-refractivity contribution in [2.45, 2.75) is 134 Å². The Hall–Kier alpha value is -1.66. The molecule has 1 aromatic heterocycles. The minimum Gasteiger partial charge on any atom is -0.394 e. The van der Waals surface area contributed by atoms with Gasteiger partial charge in [0.15, 0.2) is 6.23 Å². The maximum absolute atomic E-state index is 10.5. The molecule has 5 fully saturated rings. The van der Waals surface area contributed by atoms with Crippen LogP contribution in [0.4, 0.5) is 0 Å². The van der Waals surface area contributed by atoms with Gasteiger partial charge in [-0.05, 0) is 93.0 Å². The van der Waals surface area contributed by atoms with E-state index < -0.39 is 24.5 Å². The Morgan fingerprint density at radius 3 is 2.69 bits per heavy atom. The molecule has 3 aliphatic heterocycles. The normalized spacial score (nSPS) is 49.6. The first-order chi connectivity index (χ1) is 21.5. The summed E-state index contributed by atoms with van der Waals surface area (Å²) in [4.78, 5) is 2.55. The Morgan fingerprint density at radius 1 is 1.09 bits per heavy atom. The van der Waals surface area contributed by atoms with Gasteiger partial charge in [-0.3, -0.25) is 4.90 Å². The number of aliphatic hydroxyl groups is 4. The van der Waals surface area contributed by atoms with E-state index in [0.29, 0.717) is 36.1 Å². The van der Waals surface area contributed by atoms with Crippen LogP contribution in [0.3, 0.4) is 0 Å². The van der Waals surface area contributed by atoms with Crippen LogP contribution in [0.25, 0.3) is 0 Å². The van der Waals surface area contributed by atoms with E-state index in [2.05, 4.69) is 49.0 Å². The number of hydrogen-bond acceptors (Lipinski definition) is 9. The van der Waals surface area contributed by atoms with Gasteiger partial charge in [-0.1, -0.05) is 43.2 Å². The summed E-state index contributed by atoms with van der Waals surface area (Å²) in [6.45, 7) is 10.8. The summed E-state index contributed by atoms with van der Waals surface area (Å²) < 4.78 is 14.5. The van der Waals surface area contributed by atoms with Gasteiger partial charge in [0.2, 0.25) is 0 Å². The summed E-state index contributed by atoms with van der Waals surface area (Å²) in [5, 5.41) is 49.3. The smallest absolute Gasteiger partial charge is 0.180 e. The molecule has 4 aliphatic carbocycles. The van der Waals surface area contributed by atoms with Gasteiger partial charge in [0, 0.05) is 25.0 Å². The van der Waals surface area contributed by atoms with E-state index >= 15 is 0 Å². The second kappa shape index (κ2) is 10.9. The van der Waals surface area contributed by atoms with Crippen molar-refractivity contribution in [3.8, 4) is 0 Å². The average Bonchev–Trinajstić information content (AvgIpc) is 3.76. The Bertz CT molecular complexity index is 1380. The van der Waals surface area contributed by atoms with Gasteiger partial charge < -0.3 is 29.9 Å². The maximum atomic E-state index is 10.5. The molecule has 0 amide bonds. The predicted octanol–water partition coefficient (Wildman–Crippen LogP) is 3.12. The minimum atomic E-state index is -1.18. The summed E-state index contributed by atoms with van der Waals surface area (Å²) in [5.74, 6) is 2.88. The third kappa shape index (κ3) is 4.53.